The molecule has 0 bridgehead atoms. The van der Waals surface area contributed by atoms with Gasteiger partial charge in [-0.3, -0.25) is 14.4 Å². The predicted octanol–water partition coefficient (Wildman–Crippen LogP) is 14.8. The third kappa shape index (κ3) is 9.78. The Bertz CT molecular complexity index is 4900. The van der Waals surface area contributed by atoms with E-state index in [1.54, 1.807) is 49.6 Å². The van der Waals surface area contributed by atoms with Crippen molar-refractivity contribution in [3.05, 3.63) is 245 Å². The molecule has 444 valence electrons. The van der Waals surface area contributed by atoms with Gasteiger partial charge in [0.15, 0.2) is 11.4 Å². The number of esters is 1. The summed E-state index contributed by atoms with van der Waals surface area (Å²) in [6, 6.07) is 48.0. The van der Waals surface area contributed by atoms with Crippen molar-refractivity contribution in [1.82, 2.24) is 9.05 Å². The normalized spacial score (nSPS) is 15.0. The standard InChI is InChI=1S/C72H56BCl2F2N3O9/c1-84-30-31-85-32-33-86-34-35-87-50-23-18-43(19-24-50)46-20-28-62-57(37-46)54-25-26-55-65-56(27-29-63(89-62)66(54)65)72(83)78(71(55)82)49-21-16-42(17-22-49)36-64(81)88-51-40-58(74)67(59(75)41-51)68-60-38-47-12-6-10-44-8-2-4-14-52(44)69(47)79(60)73(76,77)80-61(68)39-48-13-7-11-45-9-3-5-15-53(45)70(48)80/h2-5,8-9,14-29,37-41H,6-7,10-13,30-36H2,1H3. The molecule has 0 fully saturated rings. The smallest absolute Gasteiger partial charge is 0.491 e. The van der Waals surface area contributed by atoms with E-state index < -0.39 is 24.1 Å². The van der Waals surface area contributed by atoms with Gasteiger partial charge in [0.2, 0.25) is 0 Å². The van der Waals surface area contributed by atoms with Crippen LogP contribution in [0.1, 0.15) is 58.3 Å². The quantitative estimate of drug-likeness (QED) is 0.0232. The number of methoxy groups -OCH3 is 1. The van der Waals surface area contributed by atoms with E-state index in [2.05, 4.69) is 6.07 Å². The molecule has 12 nitrogen and oxygen atoms in total. The molecule has 0 atom stereocenters. The molecule has 0 amide bonds. The fourth-order valence-corrected chi connectivity index (χ4v) is 14.4. The van der Waals surface area contributed by atoms with Crippen LogP contribution < -0.4 is 20.6 Å². The summed E-state index contributed by atoms with van der Waals surface area (Å²) < 4.78 is 74.3. The fourth-order valence-electron chi connectivity index (χ4n) is 13.7. The first-order valence-electron chi connectivity index (χ1n) is 30.0. The summed E-state index contributed by atoms with van der Waals surface area (Å²) in [7, 11) is 1.63. The van der Waals surface area contributed by atoms with Crippen molar-refractivity contribution in [2.24, 2.45) is 0 Å². The van der Waals surface area contributed by atoms with Crippen LogP contribution in [0.5, 0.6) is 11.5 Å². The number of benzene rings is 8. The van der Waals surface area contributed by atoms with E-state index in [1.807, 2.05) is 103 Å². The molecule has 0 spiro atoms. The van der Waals surface area contributed by atoms with Crippen LogP contribution in [0.15, 0.2) is 189 Å². The SMILES string of the molecule is COCCOCCOCCOc1ccc(-c2ccc3oc4ccc5c(=O)n(-c6ccc(CC(=O)Oc7cc(Cl)c(C8=C9C=C%10CCCc%11ccccc%11C%10=[N+]9[B-](F)(F)n9c8cc8c9-c9ccccc9CCC8)c(Cl)c7)cc6)c(=O)c6ccc(c3c2)c4c56)cc1. The number of rotatable bonds is 16. The highest BCUT2D eigenvalue weighted by atomic mass is 35.5. The topological polar surface area (TPSA) is 123 Å². The molecule has 0 radical (unpaired) electrons. The Balaban J connectivity index is 0.694. The Labute approximate surface area is 519 Å². The molecule has 17 heteroatoms. The van der Waals surface area contributed by atoms with E-state index in [1.165, 1.54) is 21.1 Å². The molecule has 5 heterocycles. The molecule has 11 aromatic rings. The van der Waals surface area contributed by atoms with E-state index in [0.29, 0.717) is 136 Å². The lowest BCUT2D eigenvalue weighted by Crippen LogP contribution is -2.51. The molecule has 15 rings (SSSR count). The summed E-state index contributed by atoms with van der Waals surface area (Å²) in [5.41, 5.74) is 10.6. The number of halogens is 4. The Kier molecular flexibility index (Phi) is 14.5. The zero-order valence-electron chi connectivity index (χ0n) is 48.4. The zero-order valence-corrected chi connectivity index (χ0v) is 49.9. The number of carbonyl (C=O) groups excluding carboxylic acids is 1. The lowest BCUT2D eigenvalue weighted by molar-refractivity contribution is -0.361. The molecule has 0 unspecified atom stereocenters. The van der Waals surface area contributed by atoms with Gasteiger partial charge in [0, 0.05) is 80.3 Å². The minimum Gasteiger partial charge on any atom is -0.491 e. The highest BCUT2D eigenvalue weighted by Gasteiger charge is 2.57. The van der Waals surface area contributed by atoms with E-state index in [9.17, 15) is 14.4 Å². The summed E-state index contributed by atoms with van der Waals surface area (Å²) in [5.74, 6) is 0.148. The van der Waals surface area contributed by atoms with Crippen LogP contribution in [-0.2, 0) is 44.7 Å². The van der Waals surface area contributed by atoms with Crippen molar-refractivity contribution in [3.63, 3.8) is 0 Å². The number of aryl methyl sites for hydroxylation is 3. The molecule has 0 saturated heterocycles. The van der Waals surface area contributed by atoms with Gasteiger partial charge in [0.1, 0.15) is 29.3 Å². The van der Waals surface area contributed by atoms with Crippen LogP contribution in [0.3, 0.4) is 0 Å². The molecular formula is C72H56BCl2F2N3O9. The third-order valence-electron chi connectivity index (χ3n) is 17.7. The van der Waals surface area contributed by atoms with Gasteiger partial charge in [-0.05, 0) is 150 Å². The average molecular weight is 1230 g/mol. The van der Waals surface area contributed by atoms with Crippen LogP contribution in [0.25, 0.3) is 77.1 Å². The minimum atomic E-state index is -4.47. The number of nitrogens with zero attached hydrogens (tertiary/aromatic N) is 3. The minimum absolute atomic E-state index is 0.0700. The van der Waals surface area contributed by atoms with Gasteiger partial charge in [-0.2, -0.15) is 0 Å². The van der Waals surface area contributed by atoms with Gasteiger partial charge in [-0.25, -0.2) is 4.57 Å². The van der Waals surface area contributed by atoms with Crippen molar-refractivity contribution in [2.45, 2.75) is 44.9 Å². The summed E-state index contributed by atoms with van der Waals surface area (Å²) in [4.78, 5) is 42.8. The monoisotopic (exact) mass is 1230 g/mol. The molecule has 8 aromatic carbocycles. The number of pyridine rings is 1. The van der Waals surface area contributed by atoms with Gasteiger partial charge < -0.3 is 45.7 Å². The van der Waals surface area contributed by atoms with E-state index in [0.717, 1.165) is 85.5 Å². The first kappa shape index (κ1) is 56.5. The Hall–Kier alpha value is -8.96. The average Bonchev–Trinajstić information content (AvgIpc) is 1.62. The summed E-state index contributed by atoms with van der Waals surface area (Å²) in [6.07, 6.45) is 6.04. The fraction of sp³-hybridized carbons (Fsp3) is 0.194. The molecule has 89 heavy (non-hydrogen) atoms. The highest BCUT2D eigenvalue weighted by molar-refractivity contribution is 6.59. The first-order valence-corrected chi connectivity index (χ1v) is 30.7. The van der Waals surface area contributed by atoms with Crippen molar-refractivity contribution >= 4 is 90.9 Å². The van der Waals surface area contributed by atoms with Crippen molar-refractivity contribution < 1.29 is 46.0 Å². The van der Waals surface area contributed by atoms with Gasteiger partial charge in [0.25, 0.3) is 11.1 Å². The van der Waals surface area contributed by atoms with Crippen LogP contribution in [0.2, 0.25) is 10.0 Å². The van der Waals surface area contributed by atoms with Gasteiger partial charge >= 0.3 is 12.9 Å². The van der Waals surface area contributed by atoms with Crippen LogP contribution in [0, 0.1) is 0 Å². The maximum Gasteiger partial charge on any atom is 0.737 e. The van der Waals surface area contributed by atoms with Crippen molar-refractivity contribution in [1.29, 1.82) is 0 Å². The summed E-state index contributed by atoms with van der Waals surface area (Å²) >= 11 is 14.6. The Morgan fingerprint density at radius 2 is 1.25 bits per heavy atom. The Morgan fingerprint density at radius 3 is 1.99 bits per heavy atom. The Morgan fingerprint density at radius 1 is 0.618 bits per heavy atom. The molecule has 2 aliphatic heterocycles. The van der Waals surface area contributed by atoms with Gasteiger partial charge in [-0.1, -0.05) is 102 Å². The van der Waals surface area contributed by atoms with Crippen LogP contribution in [-0.4, -0.2) is 78.9 Å². The molecule has 0 N–H and O–H groups in total. The highest BCUT2D eigenvalue weighted by Crippen LogP contribution is 2.51. The second-order valence-electron chi connectivity index (χ2n) is 23.0. The van der Waals surface area contributed by atoms with Gasteiger partial charge in [0.05, 0.1) is 60.8 Å². The summed E-state index contributed by atoms with van der Waals surface area (Å²) in [6.45, 7) is -1.63. The maximum absolute atomic E-state index is 18.2. The molecule has 0 saturated carbocycles. The van der Waals surface area contributed by atoms with Crippen molar-refractivity contribution in [2.75, 3.05) is 46.8 Å². The maximum atomic E-state index is 18.2. The van der Waals surface area contributed by atoms with Gasteiger partial charge in [-0.15, -0.1) is 0 Å². The molecule has 3 aromatic heterocycles. The van der Waals surface area contributed by atoms with E-state index in [4.69, 9.17) is 51.3 Å². The number of hydrogen-bond acceptors (Lipinski definition) is 9. The molecular weight excluding hydrogens is 1170 g/mol. The number of aromatic nitrogens is 2. The number of hydrogen-bond donors (Lipinski definition) is 0. The zero-order chi connectivity index (χ0) is 60.7. The summed E-state index contributed by atoms with van der Waals surface area (Å²) in [5, 5.41) is 3.78. The number of allylic oxidation sites excluding steroid dienone is 2. The van der Waals surface area contributed by atoms with Crippen LogP contribution >= 0.6 is 23.2 Å². The number of ether oxygens (including phenoxy) is 5. The number of carbonyl (C=O) groups is 1. The second-order valence-corrected chi connectivity index (χ2v) is 23.8. The lowest BCUT2D eigenvalue weighted by atomic mass is 9.84. The largest absolute Gasteiger partial charge is 0.737 e. The van der Waals surface area contributed by atoms with E-state index in [-0.39, 0.29) is 22.2 Å². The molecule has 4 aliphatic rings. The predicted molar refractivity (Wildman–Crippen MR) is 345 cm³/mol. The lowest BCUT2D eigenvalue weighted by Gasteiger charge is -2.34. The van der Waals surface area contributed by atoms with Crippen molar-refractivity contribution in [3.8, 4) is 39.6 Å². The van der Waals surface area contributed by atoms with Crippen LogP contribution in [0.4, 0.5) is 8.63 Å². The third-order valence-corrected chi connectivity index (χ3v) is 18.3. The number of fused-ring (bicyclic) bond motifs is 11. The first-order chi connectivity index (χ1) is 43.4. The van der Waals surface area contributed by atoms with E-state index >= 15 is 8.63 Å². The molecule has 2 aliphatic carbocycles. The second kappa shape index (κ2) is 22.9.